The van der Waals surface area contributed by atoms with Crippen molar-refractivity contribution in [3.63, 3.8) is 0 Å². The van der Waals surface area contributed by atoms with E-state index in [-0.39, 0.29) is 0 Å². The van der Waals surface area contributed by atoms with Gasteiger partial charge in [0.15, 0.2) is 0 Å². The Labute approximate surface area is 76.1 Å². The summed E-state index contributed by atoms with van der Waals surface area (Å²) >= 11 is 0. The first-order valence-corrected chi connectivity index (χ1v) is 5.21. The topological polar surface area (TPSA) is 29.3 Å². The van der Waals surface area contributed by atoms with E-state index >= 15 is 0 Å². The average molecular weight is 170 g/mol. The van der Waals surface area contributed by atoms with E-state index in [1.165, 1.54) is 25.8 Å². The number of likely N-dealkylation sites (tertiary alicyclic amines) is 1. The van der Waals surface area contributed by atoms with E-state index in [9.17, 15) is 0 Å². The molecule has 1 heterocycles. The van der Waals surface area contributed by atoms with Crippen molar-refractivity contribution in [2.45, 2.75) is 51.6 Å². The standard InChI is InChI=1S/C10H22N2/c1-9-5-3-6-10(2)12(9)8-4-7-11/h9-10H,3-8,11H2,1-2H3. The lowest BCUT2D eigenvalue weighted by atomic mass is 9.97. The predicted octanol–water partition coefficient (Wildman–Crippen LogP) is 1.60. The van der Waals surface area contributed by atoms with Crippen LogP contribution in [-0.2, 0) is 0 Å². The van der Waals surface area contributed by atoms with Gasteiger partial charge >= 0.3 is 0 Å². The summed E-state index contributed by atoms with van der Waals surface area (Å²) in [4.78, 5) is 2.61. The summed E-state index contributed by atoms with van der Waals surface area (Å²) in [5.74, 6) is 0. The molecule has 1 saturated heterocycles. The van der Waals surface area contributed by atoms with E-state index in [4.69, 9.17) is 5.73 Å². The van der Waals surface area contributed by atoms with Crippen molar-refractivity contribution in [2.24, 2.45) is 5.73 Å². The number of piperidine rings is 1. The Morgan fingerprint density at radius 2 is 1.83 bits per heavy atom. The number of rotatable bonds is 3. The summed E-state index contributed by atoms with van der Waals surface area (Å²) < 4.78 is 0. The summed E-state index contributed by atoms with van der Waals surface area (Å²) in [6.07, 6.45) is 5.29. The molecule has 2 nitrogen and oxygen atoms in total. The third-order valence-electron chi connectivity index (χ3n) is 3.00. The minimum atomic E-state index is 0.778. The summed E-state index contributed by atoms with van der Waals surface area (Å²) in [5, 5.41) is 0. The van der Waals surface area contributed by atoms with Crippen LogP contribution in [0.3, 0.4) is 0 Å². The maximum absolute atomic E-state index is 5.51. The quantitative estimate of drug-likeness (QED) is 0.697. The SMILES string of the molecule is CC1CCCC(C)N1CCCN. The second-order valence-corrected chi connectivity index (χ2v) is 4.01. The zero-order valence-corrected chi connectivity index (χ0v) is 8.42. The Bertz CT molecular complexity index is 115. The molecule has 0 aromatic rings. The normalized spacial score (nSPS) is 32.2. The molecular formula is C10H22N2. The molecule has 2 N–H and O–H groups in total. The molecule has 2 atom stereocenters. The summed E-state index contributed by atoms with van der Waals surface area (Å²) in [7, 11) is 0. The predicted molar refractivity (Wildman–Crippen MR) is 53.2 cm³/mol. The largest absolute Gasteiger partial charge is 0.330 e. The van der Waals surface area contributed by atoms with Gasteiger partial charge in [-0.1, -0.05) is 6.42 Å². The molecule has 72 valence electrons. The molecule has 0 amide bonds. The third kappa shape index (κ3) is 2.46. The molecule has 0 aliphatic carbocycles. The highest BCUT2D eigenvalue weighted by atomic mass is 15.2. The molecule has 0 aromatic carbocycles. The minimum Gasteiger partial charge on any atom is -0.330 e. The zero-order valence-electron chi connectivity index (χ0n) is 8.42. The van der Waals surface area contributed by atoms with Crippen LogP contribution in [0.2, 0.25) is 0 Å². The highest BCUT2D eigenvalue weighted by Crippen LogP contribution is 2.22. The number of nitrogens with two attached hydrogens (primary N) is 1. The lowest BCUT2D eigenvalue weighted by molar-refractivity contribution is 0.103. The number of hydrogen-bond acceptors (Lipinski definition) is 2. The van der Waals surface area contributed by atoms with Gasteiger partial charge in [0, 0.05) is 12.1 Å². The van der Waals surface area contributed by atoms with Crippen molar-refractivity contribution in [1.29, 1.82) is 0 Å². The summed E-state index contributed by atoms with van der Waals surface area (Å²) in [6, 6.07) is 1.56. The van der Waals surface area contributed by atoms with Crippen LogP contribution in [0.25, 0.3) is 0 Å². The number of hydrogen-bond donors (Lipinski definition) is 1. The molecule has 0 radical (unpaired) electrons. The Balaban J connectivity index is 2.34. The zero-order chi connectivity index (χ0) is 8.97. The van der Waals surface area contributed by atoms with Gasteiger partial charge in [0.2, 0.25) is 0 Å². The van der Waals surface area contributed by atoms with Crippen LogP contribution < -0.4 is 5.73 Å². The van der Waals surface area contributed by atoms with Crippen LogP contribution in [0.5, 0.6) is 0 Å². The smallest absolute Gasteiger partial charge is 0.00697 e. The van der Waals surface area contributed by atoms with Crippen molar-refractivity contribution in [1.82, 2.24) is 4.90 Å². The molecule has 2 heteroatoms. The average Bonchev–Trinajstić information content (AvgIpc) is 2.04. The van der Waals surface area contributed by atoms with Gasteiger partial charge in [-0.05, 0) is 46.2 Å². The van der Waals surface area contributed by atoms with Crippen molar-refractivity contribution in [3.8, 4) is 0 Å². The van der Waals surface area contributed by atoms with Gasteiger partial charge in [-0.3, -0.25) is 4.90 Å². The lowest BCUT2D eigenvalue weighted by Crippen LogP contribution is -2.44. The molecule has 1 rings (SSSR count). The van der Waals surface area contributed by atoms with Crippen molar-refractivity contribution < 1.29 is 0 Å². The van der Waals surface area contributed by atoms with Crippen molar-refractivity contribution >= 4 is 0 Å². The molecule has 0 saturated carbocycles. The maximum Gasteiger partial charge on any atom is 0.00697 e. The Hall–Kier alpha value is -0.0800. The highest BCUT2D eigenvalue weighted by molar-refractivity contribution is 4.79. The molecule has 0 bridgehead atoms. The monoisotopic (exact) mass is 170 g/mol. The first-order chi connectivity index (χ1) is 5.75. The van der Waals surface area contributed by atoms with Gasteiger partial charge in [0.1, 0.15) is 0 Å². The van der Waals surface area contributed by atoms with Crippen LogP contribution in [0.4, 0.5) is 0 Å². The van der Waals surface area contributed by atoms with E-state index in [0.29, 0.717) is 0 Å². The Morgan fingerprint density at radius 3 is 2.33 bits per heavy atom. The molecule has 0 spiro atoms. The first kappa shape index (κ1) is 10.0. The Morgan fingerprint density at radius 1 is 1.25 bits per heavy atom. The highest BCUT2D eigenvalue weighted by Gasteiger charge is 2.23. The van der Waals surface area contributed by atoms with Crippen LogP contribution in [0, 0.1) is 0 Å². The molecule has 2 unspecified atom stereocenters. The van der Waals surface area contributed by atoms with E-state index in [2.05, 4.69) is 18.7 Å². The minimum absolute atomic E-state index is 0.778. The fourth-order valence-electron chi connectivity index (χ4n) is 2.19. The van der Waals surface area contributed by atoms with Crippen LogP contribution in [0.1, 0.15) is 39.5 Å². The van der Waals surface area contributed by atoms with Gasteiger partial charge in [-0.2, -0.15) is 0 Å². The second kappa shape index (κ2) is 4.83. The van der Waals surface area contributed by atoms with Crippen LogP contribution >= 0.6 is 0 Å². The van der Waals surface area contributed by atoms with Crippen LogP contribution in [0.15, 0.2) is 0 Å². The Kier molecular flexibility index (Phi) is 4.02. The van der Waals surface area contributed by atoms with E-state index in [0.717, 1.165) is 25.0 Å². The molecule has 1 aliphatic heterocycles. The molecule has 1 aliphatic rings. The molecule has 12 heavy (non-hydrogen) atoms. The fourth-order valence-corrected chi connectivity index (χ4v) is 2.19. The van der Waals surface area contributed by atoms with E-state index in [1.54, 1.807) is 0 Å². The molecular weight excluding hydrogens is 148 g/mol. The maximum atomic E-state index is 5.51. The third-order valence-corrected chi connectivity index (χ3v) is 3.00. The molecule has 0 aromatic heterocycles. The van der Waals surface area contributed by atoms with Gasteiger partial charge in [-0.15, -0.1) is 0 Å². The van der Waals surface area contributed by atoms with Crippen LogP contribution in [-0.4, -0.2) is 30.1 Å². The summed E-state index contributed by atoms with van der Waals surface area (Å²) in [6.45, 7) is 6.70. The van der Waals surface area contributed by atoms with Gasteiger partial charge in [0.05, 0.1) is 0 Å². The fraction of sp³-hybridized carbons (Fsp3) is 1.00. The van der Waals surface area contributed by atoms with Gasteiger partial charge < -0.3 is 5.73 Å². The summed E-state index contributed by atoms with van der Waals surface area (Å²) in [5.41, 5.74) is 5.51. The number of nitrogens with zero attached hydrogens (tertiary/aromatic N) is 1. The van der Waals surface area contributed by atoms with E-state index < -0.39 is 0 Å². The lowest BCUT2D eigenvalue weighted by Gasteiger charge is -2.38. The van der Waals surface area contributed by atoms with Crippen molar-refractivity contribution in [3.05, 3.63) is 0 Å². The molecule has 1 fully saturated rings. The second-order valence-electron chi connectivity index (χ2n) is 4.01. The van der Waals surface area contributed by atoms with Crippen molar-refractivity contribution in [2.75, 3.05) is 13.1 Å². The van der Waals surface area contributed by atoms with Gasteiger partial charge in [0.25, 0.3) is 0 Å². The first-order valence-electron chi connectivity index (χ1n) is 5.21. The van der Waals surface area contributed by atoms with Gasteiger partial charge in [-0.25, -0.2) is 0 Å². The van der Waals surface area contributed by atoms with E-state index in [1.807, 2.05) is 0 Å².